The van der Waals surface area contributed by atoms with E-state index in [2.05, 4.69) is 32.2 Å². The van der Waals surface area contributed by atoms with Crippen LogP contribution in [0.5, 0.6) is 5.75 Å². The van der Waals surface area contributed by atoms with E-state index >= 15 is 0 Å². The quantitative estimate of drug-likeness (QED) is 0.407. The van der Waals surface area contributed by atoms with Crippen LogP contribution in [0.15, 0.2) is 36.9 Å². The van der Waals surface area contributed by atoms with Gasteiger partial charge in [0, 0.05) is 43.8 Å². The molecule has 39 heavy (non-hydrogen) atoms. The van der Waals surface area contributed by atoms with Crippen molar-refractivity contribution in [3.8, 4) is 16.9 Å². The van der Waals surface area contributed by atoms with Crippen LogP contribution in [0.3, 0.4) is 0 Å². The zero-order chi connectivity index (χ0) is 28.0. The SMILES string of the molecule is CCc1cnc(N2CCC(COc3c(F)cc(-c4cnn(CCNC(=O)OC(C)(C)C)c4)cc3F)CC2)nc1. The Labute approximate surface area is 227 Å². The molecule has 3 heterocycles. The molecule has 0 bridgehead atoms. The van der Waals surface area contributed by atoms with E-state index in [9.17, 15) is 13.6 Å². The van der Waals surface area contributed by atoms with Gasteiger partial charge in [-0.25, -0.2) is 23.5 Å². The molecular weight excluding hydrogens is 506 g/mol. The Bertz CT molecular complexity index is 1230. The van der Waals surface area contributed by atoms with Gasteiger partial charge < -0.3 is 19.7 Å². The summed E-state index contributed by atoms with van der Waals surface area (Å²) in [6, 6.07) is 2.50. The number of nitrogens with zero attached hydrogens (tertiary/aromatic N) is 5. The van der Waals surface area contributed by atoms with E-state index in [4.69, 9.17) is 9.47 Å². The van der Waals surface area contributed by atoms with E-state index in [1.165, 1.54) is 18.3 Å². The maximum atomic E-state index is 14.9. The first-order chi connectivity index (χ1) is 18.6. The molecule has 4 rings (SSSR count). The summed E-state index contributed by atoms with van der Waals surface area (Å²) in [5.74, 6) is -0.991. The minimum absolute atomic E-state index is 0.183. The Balaban J connectivity index is 1.27. The first-order valence-corrected chi connectivity index (χ1v) is 13.3. The third-order valence-electron chi connectivity index (χ3n) is 6.43. The van der Waals surface area contributed by atoms with Crippen molar-refractivity contribution in [2.75, 3.05) is 31.1 Å². The molecule has 1 saturated heterocycles. The number of rotatable bonds is 9. The predicted octanol–water partition coefficient (Wildman–Crippen LogP) is 5.00. The lowest BCUT2D eigenvalue weighted by molar-refractivity contribution is 0.0525. The Kier molecular flexibility index (Phi) is 8.98. The summed E-state index contributed by atoms with van der Waals surface area (Å²) in [5.41, 5.74) is 1.42. The van der Waals surface area contributed by atoms with Crippen LogP contribution in [0, 0.1) is 17.6 Å². The molecule has 0 saturated carbocycles. The average Bonchev–Trinajstić information content (AvgIpc) is 3.36. The molecule has 3 aromatic rings. The van der Waals surface area contributed by atoms with Crippen LogP contribution >= 0.6 is 0 Å². The number of anilines is 1. The number of benzene rings is 1. The molecule has 0 spiro atoms. The number of aromatic nitrogens is 4. The van der Waals surface area contributed by atoms with Crippen molar-refractivity contribution in [1.82, 2.24) is 25.1 Å². The van der Waals surface area contributed by atoms with Gasteiger partial charge >= 0.3 is 6.09 Å². The van der Waals surface area contributed by atoms with E-state index in [0.717, 1.165) is 37.9 Å². The molecule has 1 aliphatic rings. The molecule has 11 heteroatoms. The maximum absolute atomic E-state index is 14.9. The fourth-order valence-corrected chi connectivity index (χ4v) is 4.28. The summed E-state index contributed by atoms with van der Waals surface area (Å²) in [7, 11) is 0. The predicted molar refractivity (Wildman–Crippen MR) is 144 cm³/mol. The third-order valence-corrected chi connectivity index (χ3v) is 6.43. The highest BCUT2D eigenvalue weighted by molar-refractivity contribution is 5.67. The number of alkyl carbamates (subject to hydrolysis) is 1. The molecule has 0 unspecified atom stereocenters. The Morgan fingerprint density at radius 1 is 1.08 bits per heavy atom. The number of carbonyl (C=O) groups excluding carboxylic acids is 1. The van der Waals surface area contributed by atoms with Crippen molar-refractivity contribution in [3.63, 3.8) is 0 Å². The highest BCUT2D eigenvalue weighted by Crippen LogP contribution is 2.30. The van der Waals surface area contributed by atoms with Crippen LogP contribution in [0.2, 0.25) is 0 Å². The number of amides is 1. The molecule has 0 radical (unpaired) electrons. The molecule has 0 aliphatic carbocycles. The van der Waals surface area contributed by atoms with Crippen molar-refractivity contribution >= 4 is 12.0 Å². The lowest BCUT2D eigenvalue weighted by Crippen LogP contribution is -2.36. The van der Waals surface area contributed by atoms with Gasteiger partial charge in [0.05, 0.1) is 19.3 Å². The Morgan fingerprint density at radius 3 is 2.36 bits per heavy atom. The van der Waals surface area contributed by atoms with Crippen LogP contribution < -0.4 is 15.0 Å². The van der Waals surface area contributed by atoms with Crippen LogP contribution in [0.4, 0.5) is 19.5 Å². The fraction of sp³-hybridized carbons (Fsp3) is 0.500. The van der Waals surface area contributed by atoms with Crippen molar-refractivity contribution < 1.29 is 23.0 Å². The molecule has 9 nitrogen and oxygen atoms in total. The molecule has 1 aliphatic heterocycles. The second-order valence-corrected chi connectivity index (χ2v) is 10.7. The molecule has 1 N–H and O–H groups in total. The second kappa shape index (κ2) is 12.4. The van der Waals surface area contributed by atoms with E-state index in [1.54, 1.807) is 31.6 Å². The van der Waals surface area contributed by atoms with Gasteiger partial charge in [-0.1, -0.05) is 6.92 Å². The number of carbonyl (C=O) groups is 1. The fourth-order valence-electron chi connectivity index (χ4n) is 4.28. The van der Waals surface area contributed by atoms with E-state index in [1.807, 2.05) is 12.4 Å². The minimum Gasteiger partial charge on any atom is -0.487 e. The normalized spacial score (nSPS) is 14.4. The van der Waals surface area contributed by atoms with Crippen LogP contribution in [0.25, 0.3) is 11.1 Å². The average molecular weight is 543 g/mol. The smallest absolute Gasteiger partial charge is 0.407 e. The monoisotopic (exact) mass is 542 g/mol. The highest BCUT2D eigenvalue weighted by Gasteiger charge is 2.23. The molecular formula is C28H36F2N6O3. The number of piperidine rings is 1. The molecule has 210 valence electrons. The second-order valence-electron chi connectivity index (χ2n) is 10.7. The van der Waals surface area contributed by atoms with Gasteiger partial charge in [-0.2, -0.15) is 5.10 Å². The summed E-state index contributed by atoms with van der Waals surface area (Å²) in [6.45, 7) is 9.85. The van der Waals surface area contributed by atoms with E-state index in [0.29, 0.717) is 30.2 Å². The largest absolute Gasteiger partial charge is 0.487 e. The maximum Gasteiger partial charge on any atom is 0.407 e. The zero-order valence-corrected chi connectivity index (χ0v) is 22.9. The lowest BCUT2D eigenvalue weighted by atomic mass is 9.98. The Morgan fingerprint density at radius 2 is 1.74 bits per heavy atom. The number of hydrogen-bond donors (Lipinski definition) is 1. The zero-order valence-electron chi connectivity index (χ0n) is 22.9. The number of nitrogens with one attached hydrogen (secondary N) is 1. The van der Waals surface area contributed by atoms with Gasteiger partial charge in [0.15, 0.2) is 17.4 Å². The summed E-state index contributed by atoms with van der Waals surface area (Å²) in [5, 5.41) is 6.87. The summed E-state index contributed by atoms with van der Waals surface area (Å²) in [4.78, 5) is 22.8. The van der Waals surface area contributed by atoms with Crippen LogP contribution in [0.1, 0.15) is 46.1 Å². The summed E-state index contributed by atoms with van der Waals surface area (Å²) < 4.78 is 42.1. The van der Waals surface area contributed by atoms with Crippen molar-refractivity contribution in [1.29, 1.82) is 0 Å². The standard InChI is InChI=1S/C28H36F2N6O3/c1-5-19-14-32-26(33-15-19)35-9-6-20(7-10-35)18-38-25-23(29)12-21(13-24(25)30)22-16-34-36(17-22)11-8-31-27(37)39-28(2,3)4/h12-17,20H,5-11,18H2,1-4H3,(H,31,37). The first-order valence-electron chi connectivity index (χ1n) is 13.3. The van der Waals surface area contributed by atoms with E-state index in [-0.39, 0.29) is 18.3 Å². The number of ether oxygens (including phenoxy) is 2. The van der Waals surface area contributed by atoms with Crippen molar-refractivity contribution in [3.05, 3.63) is 54.1 Å². The molecule has 0 atom stereocenters. The highest BCUT2D eigenvalue weighted by atomic mass is 19.1. The lowest BCUT2D eigenvalue weighted by Gasteiger charge is -2.31. The third kappa shape index (κ3) is 7.87. The number of hydrogen-bond acceptors (Lipinski definition) is 7. The van der Waals surface area contributed by atoms with Gasteiger partial charge in [0.25, 0.3) is 0 Å². The minimum atomic E-state index is -0.758. The molecule has 1 fully saturated rings. The van der Waals surface area contributed by atoms with Crippen LogP contribution in [-0.4, -0.2) is 57.7 Å². The van der Waals surface area contributed by atoms with Gasteiger partial charge in [0.2, 0.25) is 5.95 Å². The van der Waals surface area contributed by atoms with Gasteiger partial charge in [-0.15, -0.1) is 0 Å². The van der Waals surface area contributed by atoms with Gasteiger partial charge in [-0.05, 0) is 69.2 Å². The number of aryl methyl sites for hydroxylation is 1. The van der Waals surface area contributed by atoms with Crippen molar-refractivity contribution in [2.45, 2.75) is 59.1 Å². The topological polar surface area (TPSA) is 94.4 Å². The molecule has 1 amide bonds. The Hall–Kier alpha value is -3.76. The van der Waals surface area contributed by atoms with Crippen molar-refractivity contribution in [2.24, 2.45) is 5.92 Å². The van der Waals surface area contributed by atoms with Gasteiger partial charge in [0.1, 0.15) is 5.60 Å². The van der Waals surface area contributed by atoms with Gasteiger partial charge in [-0.3, -0.25) is 4.68 Å². The van der Waals surface area contributed by atoms with Crippen LogP contribution in [-0.2, 0) is 17.7 Å². The summed E-state index contributed by atoms with van der Waals surface area (Å²) >= 11 is 0. The first kappa shape index (κ1) is 28.3. The summed E-state index contributed by atoms with van der Waals surface area (Å²) in [6.07, 6.45) is 8.91. The number of halogens is 2. The molecule has 2 aromatic heterocycles. The van der Waals surface area contributed by atoms with E-state index < -0.39 is 23.3 Å². The molecule has 1 aromatic carbocycles.